The molecule has 0 atom stereocenters. The van der Waals surface area contributed by atoms with Gasteiger partial charge in [-0.05, 0) is 105 Å². The number of rotatable bonds is 16. The van der Waals surface area contributed by atoms with Gasteiger partial charge in [-0.15, -0.1) is 22.7 Å². The molecule has 6 heterocycles. The smallest absolute Gasteiger partial charge is 0.164 e. The average molecular weight is 1590 g/mol. The lowest BCUT2D eigenvalue weighted by Gasteiger charge is -2.15. The molecule has 0 N–H and O–H groups in total. The van der Waals surface area contributed by atoms with Gasteiger partial charge in [-0.3, -0.25) is 0 Å². The zero-order chi connectivity index (χ0) is 81.1. The van der Waals surface area contributed by atoms with E-state index < -0.39 is 0 Å². The van der Waals surface area contributed by atoms with Crippen molar-refractivity contribution in [2.75, 3.05) is 0 Å². The second kappa shape index (κ2) is 33.0. The maximum Gasteiger partial charge on any atom is 0.164 e. The van der Waals surface area contributed by atoms with Crippen LogP contribution in [0.2, 0.25) is 0 Å². The molecule has 22 aromatic rings. The van der Waals surface area contributed by atoms with E-state index >= 15 is 0 Å². The van der Waals surface area contributed by atoms with Crippen molar-refractivity contribution >= 4 is 63.0 Å². The minimum absolute atomic E-state index is 0.616. The normalized spacial score (nSPS) is 11.3. The van der Waals surface area contributed by atoms with E-state index in [0.29, 0.717) is 34.9 Å². The highest BCUT2D eigenvalue weighted by atomic mass is 32.1. The van der Waals surface area contributed by atoms with Crippen LogP contribution in [0.3, 0.4) is 0 Å². The Kier molecular flexibility index (Phi) is 19.9. The van der Waals surface area contributed by atoms with Gasteiger partial charge in [-0.2, -0.15) is 0 Å². The zero-order valence-corrected chi connectivity index (χ0v) is 67.5. The van der Waals surface area contributed by atoms with Crippen LogP contribution in [0.4, 0.5) is 0 Å². The van der Waals surface area contributed by atoms with Gasteiger partial charge in [0.15, 0.2) is 34.9 Å². The molecule has 0 saturated heterocycles. The average Bonchev–Trinajstić information content (AvgIpc) is 1.71. The summed E-state index contributed by atoms with van der Waals surface area (Å²) in [6.07, 6.45) is 0. The first-order valence-electron chi connectivity index (χ1n) is 40.6. The van der Waals surface area contributed by atoms with E-state index in [1.807, 2.05) is 180 Å². The number of nitrogens with zero attached hydrogens (tertiary/aromatic N) is 9. The lowest BCUT2D eigenvalue weighted by Crippen LogP contribution is -2.00. The Hall–Kier alpha value is -15.8. The Bertz CT molecular complexity index is 7360. The van der Waals surface area contributed by atoms with E-state index in [0.717, 1.165) is 140 Å². The lowest BCUT2D eigenvalue weighted by atomic mass is 9.89. The van der Waals surface area contributed by atoms with Crippen LogP contribution in [-0.4, -0.2) is 44.9 Å². The first-order chi connectivity index (χ1) is 60.4. The van der Waals surface area contributed by atoms with Crippen molar-refractivity contribution in [1.29, 1.82) is 0 Å². The van der Waals surface area contributed by atoms with Crippen LogP contribution in [-0.2, 0) is 0 Å². The van der Waals surface area contributed by atoms with Gasteiger partial charge in [-0.1, -0.05) is 370 Å². The molecule has 0 saturated carbocycles. The third-order valence-corrected chi connectivity index (χ3v) is 24.4. The Morgan fingerprint density at radius 1 is 0.139 bits per heavy atom. The molecule has 0 unspecified atom stereocenters. The Balaban J connectivity index is 0.000000150. The maximum atomic E-state index is 5.17. The van der Waals surface area contributed by atoms with Crippen molar-refractivity contribution in [2.24, 2.45) is 0 Å². The van der Waals surface area contributed by atoms with E-state index in [9.17, 15) is 0 Å². The fourth-order valence-corrected chi connectivity index (χ4v) is 18.4. The number of hydrogen-bond donors (Lipinski definition) is 0. The molecule has 0 amide bonds. The largest absolute Gasteiger partial charge is 0.228 e. The van der Waals surface area contributed by atoms with Gasteiger partial charge in [0.25, 0.3) is 0 Å². The third-order valence-electron chi connectivity index (χ3n) is 22.1. The van der Waals surface area contributed by atoms with Crippen LogP contribution in [0, 0.1) is 0 Å². The molecule has 0 aliphatic heterocycles. The zero-order valence-electron chi connectivity index (χ0n) is 65.8. The molecule has 0 spiro atoms. The molecule has 0 fully saturated rings. The van der Waals surface area contributed by atoms with Gasteiger partial charge in [0.1, 0.15) is 0 Å². The van der Waals surface area contributed by atoms with Crippen molar-refractivity contribution in [3.63, 3.8) is 0 Å². The molecule has 572 valence electrons. The molecule has 9 nitrogen and oxygen atoms in total. The fraction of sp³-hybridized carbons (Fsp3) is 0. The Labute approximate surface area is 713 Å². The van der Waals surface area contributed by atoms with Gasteiger partial charge in [0, 0.05) is 107 Å². The highest BCUT2D eigenvalue weighted by molar-refractivity contribution is 7.26. The van der Waals surface area contributed by atoms with Crippen molar-refractivity contribution in [2.45, 2.75) is 0 Å². The molecule has 0 aliphatic rings. The number of aromatic nitrogens is 9. The van der Waals surface area contributed by atoms with Crippen LogP contribution in [0.15, 0.2) is 431 Å². The highest BCUT2D eigenvalue weighted by Gasteiger charge is 2.24. The van der Waals surface area contributed by atoms with Crippen LogP contribution >= 0.6 is 22.7 Å². The summed E-state index contributed by atoms with van der Waals surface area (Å²) < 4.78 is 5.00. The molecule has 6 aromatic heterocycles. The van der Waals surface area contributed by atoms with Gasteiger partial charge in [0.05, 0.1) is 34.2 Å². The number of thiophene rings is 2. The topological polar surface area (TPSA) is 116 Å². The number of fused-ring (bicyclic) bond motifs is 6. The van der Waals surface area contributed by atoms with Crippen LogP contribution in [0.5, 0.6) is 0 Å². The summed E-state index contributed by atoms with van der Waals surface area (Å²) in [5, 5.41) is 4.96. The summed E-state index contributed by atoms with van der Waals surface area (Å²) in [4.78, 5) is 45.8. The fourth-order valence-electron chi connectivity index (χ4n) is 16.2. The second-order valence-corrected chi connectivity index (χ2v) is 32.0. The summed E-state index contributed by atoms with van der Waals surface area (Å²) in [7, 11) is 0. The lowest BCUT2D eigenvalue weighted by molar-refractivity contribution is 1.07. The monoisotopic (exact) mass is 1590 g/mol. The van der Waals surface area contributed by atoms with Gasteiger partial charge in [0.2, 0.25) is 0 Å². The van der Waals surface area contributed by atoms with E-state index in [1.165, 1.54) is 45.9 Å². The molecule has 22 rings (SSSR count). The molecular formula is C111H71N9S2. The molecular weight excluding hydrogens is 1520 g/mol. The van der Waals surface area contributed by atoms with Crippen LogP contribution < -0.4 is 0 Å². The molecule has 122 heavy (non-hydrogen) atoms. The van der Waals surface area contributed by atoms with Crippen molar-refractivity contribution in [3.05, 3.63) is 431 Å². The summed E-state index contributed by atoms with van der Waals surface area (Å²) in [6.45, 7) is 0. The van der Waals surface area contributed by atoms with E-state index in [1.54, 1.807) is 0 Å². The quantitative estimate of drug-likeness (QED) is 0.0932. The van der Waals surface area contributed by atoms with Gasteiger partial charge in [-0.25, -0.2) is 44.9 Å². The van der Waals surface area contributed by atoms with Crippen LogP contribution in [0.1, 0.15) is 0 Å². The Morgan fingerprint density at radius 3 is 0.746 bits per heavy atom. The van der Waals surface area contributed by atoms with Crippen molar-refractivity contribution < 1.29 is 0 Å². The molecule has 0 bridgehead atoms. The predicted octanol–water partition coefficient (Wildman–Crippen LogP) is 29.3. The maximum absolute atomic E-state index is 5.17. The number of benzene rings is 16. The first-order valence-corrected chi connectivity index (χ1v) is 42.3. The highest BCUT2D eigenvalue weighted by Crippen LogP contribution is 2.49. The standard InChI is InChI=1S/C56H36N4S.C55H35N5S/c1-5-16-37(17-6-1)47-35-49(59-55(57-47)41-20-9-3-10-21-41)39-28-30-40(31-29-39)53-45(32-33-52-54(53)46-26-13-14-27-51(46)61-52)43-24-15-25-44(34-43)50-36-48(38-18-7-2-8-19-38)58-56(60-50)42-22-11-4-12-23-42;1-5-17-36(18-6-1)46-35-47(37-19-7-2-8-20-37)57-54(56-46)42-27-15-25-40(33-42)44-31-32-49-51(45-29-13-14-30-48(45)61-49)50(44)41-26-16-28-43(34-41)55-59-52(38-21-9-3-10-22-38)58-53(60-55)39-23-11-4-12-24-39/h1-36H;1-35H. The van der Waals surface area contributed by atoms with E-state index in [-0.39, 0.29) is 0 Å². The van der Waals surface area contributed by atoms with Gasteiger partial charge < -0.3 is 0 Å². The minimum Gasteiger partial charge on any atom is -0.228 e. The van der Waals surface area contributed by atoms with E-state index in [2.05, 4.69) is 273 Å². The first kappa shape index (κ1) is 73.8. The summed E-state index contributed by atoms with van der Waals surface area (Å²) >= 11 is 3.66. The minimum atomic E-state index is 0.616. The summed E-state index contributed by atoms with van der Waals surface area (Å²) in [5.74, 6) is 3.95. The summed E-state index contributed by atoms with van der Waals surface area (Å²) in [5.41, 5.74) is 26.2. The summed E-state index contributed by atoms with van der Waals surface area (Å²) in [6, 6.07) is 150. The number of hydrogen-bond acceptors (Lipinski definition) is 11. The molecule has 0 aliphatic carbocycles. The Morgan fingerprint density at radius 2 is 0.377 bits per heavy atom. The van der Waals surface area contributed by atoms with Crippen molar-refractivity contribution in [3.8, 4) is 180 Å². The second-order valence-electron chi connectivity index (χ2n) is 29.9. The third kappa shape index (κ3) is 15.0. The SMILES string of the molecule is c1ccc(-c2cc(-c3ccc(-c4c(-c5cccc(-c6cc(-c7ccccc7)nc(-c7ccccc7)n6)c5)ccc5sc6ccccc6c45)cc3)nc(-c3ccccc3)n2)cc1.c1ccc(-c2cc(-c3ccccc3)nc(-c3cccc(-c4ccc5sc6ccccc6c5c4-c4cccc(-c5nc(-c6ccccc6)nc(-c6ccccc6)n5)c4)c3)n2)cc1. The van der Waals surface area contributed by atoms with Crippen LogP contribution in [0.25, 0.3) is 221 Å². The van der Waals surface area contributed by atoms with Crippen molar-refractivity contribution in [1.82, 2.24) is 44.9 Å². The van der Waals surface area contributed by atoms with E-state index in [4.69, 9.17) is 44.9 Å². The molecule has 0 radical (unpaired) electrons. The molecule has 11 heteroatoms. The molecule has 16 aromatic carbocycles. The predicted molar refractivity (Wildman–Crippen MR) is 506 cm³/mol. The van der Waals surface area contributed by atoms with Gasteiger partial charge >= 0.3 is 0 Å².